The zero-order valence-electron chi connectivity index (χ0n) is 9.04. The van der Waals surface area contributed by atoms with Crippen LogP contribution in [0.5, 0.6) is 0 Å². The van der Waals surface area contributed by atoms with Crippen molar-refractivity contribution in [3.05, 3.63) is 0 Å². The Morgan fingerprint density at radius 3 is 2.93 bits per heavy atom. The van der Waals surface area contributed by atoms with Gasteiger partial charge in [0.15, 0.2) is 0 Å². The molecule has 1 saturated heterocycles. The molecule has 1 rings (SSSR count). The first kappa shape index (κ1) is 11.5. The number of aliphatic carboxylic acids is 1. The summed E-state index contributed by atoms with van der Waals surface area (Å²) < 4.78 is 0. The number of rotatable bonds is 5. The normalized spacial score (nSPS) is 23.6. The summed E-state index contributed by atoms with van der Waals surface area (Å²) in [5.74, 6) is -0.687. The Morgan fingerprint density at radius 2 is 2.29 bits per heavy atom. The first-order valence-corrected chi connectivity index (χ1v) is 5.70. The molecular weight excluding hydrogens is 178 g/mol. The van der Waals surface area contributed by atoms with Gasteiger partial charge in [-0.2, -0.15) is 0 Å². The first-order chi connectivity index (χ1) is 6.74. The fourth-order valence-electron chi connectivity index (χ4n) is 2.21. The molecule has 1 heterocycles. The van der Waals surface area contributed by atoms with Crippen LogP contribution in [0, 0.1) is 0 Å². The average Bonchev–Trinajstić information content (AvgIpc) is 2.16. The van der Waals surface area contributed by atoms with Crippen molar-refractivity contribution >= 4 is 5.97 Å². The van der Waals surface area contributed by atoms with Gasteiger partial charge in [-0.15, -0.1) is 0 Å². The molecule has 0 aliphatic carbocycles. The number of carboxylic acid groups (broad SMARTS) is 1. The molecule has 0 saturated carbocycles. The van der Waals surface area contributed by atoms with Gasteiger partial charge in [-0.1, -0.05) is 26.2 Å². The summed E-state index contributed by atoms with van der Waals surface area (Å²) in [6.45, 7) is 3.39. The molecule has 1 aliphatic rings. The van der Waals surface area contributed by atoms with Crippen LogP contribution in [0.15, 0.2) is 0 Å². The van der Waals surface area contributed by atoms with Crippen molar-refractivity contribution in [2.45, 2.75) is 51.5 Å². The molecule has 0 spiro atoms. The van der Waals surface area contributed by atoms with E-state index in [1.807, 2.05) is 0 Å². The van der Waals surface area contributed by atoms with E-state index in [1.54, 1.807) is 0 Å². The minimum atomic E-state index is -0.687. The number of hydrogen-bond acceptors (Lipinski definition) is 2. The Bertz CT molecular complexity index is 182. The maximum absolute atomic E-state index is 10.6. The number of piperidine rings is 1. The van der Waals surface area contributed by atoms with Gasteiger partial charge in [0.25, 0.3) is 0 Å². The number of carbonyl (C=O) groups is 1. The quantitative estimate of drug-likeness (QED) is 0.737. The second kappa shape index (κ2) is 6.02. The predicted octanol–water partition coefficient (Wildman–Crippen LogP) is 2.12. The van der Waals surface area contributed by atoms with Gasteiger partial charge in [0, 0.05) is 6.04 Å². The molecule has 1 N–H and O–H groups in total. The summed E-state index contributed by atoms with van der Waals surface area (Å²) in [5.41, 5.74) is 0. The van der Waals surface area contributed by atoms with Crippen LogP contribution in [0.2, 0.25) is 0 Å². The highest BCUT2D eigenvalue weighted by atomic mass is 16.4. The standard InChI is InChI=1S/C11H21NO2/c1-2-3-6-10-7-4-5-8-12(10)9-11(13)14/h10H,2-9H2,1H3,(H,13,14). The summed E-state index contributed by atoms with van der Waals surface area (Å²) >= 11 is 0. The van der Waals surface area contributed by atoms with Gasteiger partial charge in [0.1, 0.15) is 0 Å². The molecule has 0 aromatic heterocycles. The second-order valence-electron chi connectivity index (χ2n) is 4.16. The van der Waals surface area contributed by atoms with Crippen LogP contribution in [0.1, 0.15) is 45.4 Å². The Balaban J connectivity index is 2.37. The SMILES string of the molecule is CCCCC1CCCCN1CC(=O)O. The third-order valence-electron chi connectivity index (χ3n) is 2.98. The summed E-state index contributed by atoms with van der Waals surface area (Å²) in [5, 5.41) is 8.77. The van der Waals surface area contributed by atoms with Gasteiger partial charge in [0.05, 0.1) is 6.54 Å². The molecule has 0 amide bonds. The summed E-state index contributed by atoms with van der Waals surface area (Å²) in [6, 6.07) is 0.528. The lowest BCUT2D eigenvalue weighted by atomic mass is 9.97. The fraction of sp³-hybridized carbons (Fsp3) is 0.909. The van der Waals surface area contributed by atoms with Crippen molar-refractivity contribution in [2.24, 2.45) is 0 Å². The van der Waals surface area contributed by atoms with Gasteiger partial charge in [0.2, 0.25) is 0 Å². The molecule has 0 aromatic carbocycles. The molecule has 1 aliphatic heterocycles. The third-order valence-corrected chi connectivity index (χ3v) is 2.98. The van der Waals surface area contributed by atoms with Crippen LogP contribution >= 0.6 is 0 Å². The highest BCUT2D eigenvalue weighted by Crippen LogP contribution is 2.20. The van der Waals surface area contributed by atoms with Crippen molar-refractivity contribution in [1.29, 1.82) is 0 Å². The van der Waals surface area contributed by atoms with Crippen molar-refractivity contribution in [2.75, 3.05) is 13.1 Å². The largest absolute Gasteiger partial charge is 0.480 e. The number of hydrogen-bond donors (Lipinski definition) is 1. The van der Waals surface area contributed by atoms with E-state index < -0.39 is 5.97 Å². The summed E-state index contributed by atoms with van der Waals surface area (Å²) in [4.78, 5) is 12.8. The Hall–Kier alpha value is -0.570. The lowest BCUT2D eigenvalue weighted by Crippen LogP contribution is -2.42. The lowest BCUT2D eigenvalue weighted by molar-refractivity contribution is -0.139. The second-order valence-corrected chi connectivity index (χ2v) is 4.16. The third kappa shape index (κ3) is 3.66. The molecule has 14 heavy (non-hydrogen) atoms. The zero-order valence-corrected chi connectivity index (χ0v) is 9.04. The van der Waals surface area contributed by atoms with E-state index in [0.717, 1.165) is 13.0 Å². The maximum Gasteiger partial charge on any atom is 0.317 e. The van der Waals surface area contributed by atoms with Crippen LogP contribution in [0.25, 0.3) is 0 Å². The van der Waals surface area contributed by atoms with Crippen LogP contribution in [-0.4, -0.2) is 35.1 Å². The molecule has 1 unspecified atom stereocenters. The van der Waals surface area contributed by atoms with Crippen molar-refractivity contribution in [3.63, 3.8) is 0 Å². The number of carboxylic acids is 1. The first-order valence-electron chi connectivity index (χ1n) is 5.70. The van der Waals surface area contributed by atoms with Crippen LogP contribution in [0.3, 0.4) is 0 Å². The topological polar surface area (TPSA) is 40.5 Å². The van der Waals surface area contributed by atoms with Crippen molar-refractivity contribution in [1.82, 2.24) is 4.90 Å². The highest BCUT2D eigenvalue weighted by Gasteiger charge is 2.23. The molecule has 3 nitrogen and oxygen atoms in total. The number of likely N-dealkylation sites (tertiary alicyclic amines) is 1. The fourth-order valence-corrected chi connectivity index (χ4v) is 2.21. The Kier molecular flexibility index (Phi) is 4.94. The molecule has 1 fully saturated rings. The number of nitrogens with zero attached hydrogens (tertiary/aromatic N) is 1. The zero-order chi connectivity index (χ0) is 10.4. The van der Waals surface area contributed by atoms with E-state index in [-0.39, 0.29) is 6.54 Å². The smallest absolute Gasteiger partial charge is 0.317 e. The molecule has 1 atom stereocenters. The highest BCUT2D eigenvalue weighted by molar-refractivity contribution is 5.69. The molecule has 0 radical (unpaired) electrons. The van der Waals surface area contributed by atoms with E-state index >= 15 is 0 Å². The van der Waals surface area contributed by atoms with Crippen LogP contribution < -0.4 is 0 Å². The van der Waals surface area contributed by atoms with Gasteiger partial charge >= 0.3 is 5.97 Å². The molecular formula is C11H21NO2. The monoisotopic (exact) mass is 199 g/mol. The lowest BCUT2D eigenvalue weighted by Gasteiger charge is -2.34. The van der Waals surface area contributed by atoms with E-state index in [2.05, 4.69) is 11.8 Å². The number of unbranched alkanes of at least 4 members (excludes halogenated alkanes) is 1. The minimum Gasteiger partial charge on any atom is -0.480 e. The van der Waals surface area contributed by atoms with Crippen LogP contribution in [-0.2, 0) is 4.79 Å². The summed E-state index contributed by atoms with van der Waals surface area (Å²) in [6.07, 6.45) is 7.22. The predicted molar refractivity (Wildman–Crippen MR) is 56.4 cm³/mol. The molecule has 0 bridgehead atoms. The van der Waals surface area contributed by atoms with Gasteiger partial charge in [-0.05, 0) is 25.8 Å². The molecule has 3 heteroatoms. The minimum absolute atomic E-state index is 0.231. The van der Waals surface area contributed by atoms with Crippen LogP contribution in [0.4, 0.5) is 0 Å². The van der Waals surface area contributed by atoms with E-state index in [0.29, 0.717) is 6.04 Å². The average molecular weight is 199 g/mol. The van der Waals surface area contributed by atoms with E-state index in [1.165, 1.54) is 32.1 Å². The Morgan fingerprint density at radius 1 is 1.50 bits per heavy atom. The summed E-state index contributed by atoms with van der Waals surface area (Å²) in [7, 11) is 0. The van der Waals surface area contributed by atoms with Crippen molar-refractivity contribution in [3.8, 4) is 0 Å². The molecule has 0 aromatic rings. The van der Waals surface area contributed by atoms with Crippen molar-refractivity contribution < 1.29 is 9.90 Å². The van der Waals surface area contributed by atoms with Gasteiger partial charge < -0.3 is 5.11 Å². The van der Waals surface area contributed by atoms with E-state index in [9.17, 15) is 4.79 Å². The Labute approximate surface area is 86.1 Å². The molecule has 82 valence electrons. The maximum atomic E-state index is 10.6. The van der Waals surface area contributed by atoms with Gasteiger partial charge in [-0.25, -0.2) is 0 Å². The van der Waals surface area contributed by atoms with Gasteiger partial charge in [-0.3, -0.25) is 9.69 Å². The van der Waals surface area contributed by atoms with E-state index in [4.69, 9.17) is 5.11 Å².